The van der Waals surface area contributed by atoms with Gasteiger partial charge in [-0.25, -0.2) is 4.79 Å². The summed E-state index contributed by atoms with van der Waals surface area (Å²) in [6.45, 7) is 3.07. The molecule has 1 aliphatic heterocycles. The van der Waals surface area contributed by atoms with E-state index in [1.165, 1.54) is 26.4 Å². The van der Waals surface area contributed by atoms with E-state index < -0.39 is 29.3 Å². The Labute approximate surface area is 168 Å². The smallest absolute Gasteiger partial charge is 0.325 e. The Kier molecular flexibility index (Phi) is 6.81. The molecule has 5 amide bonds. The summed E-state index contributed by atoms with van der Waals surface area (Å²) >= 11 is 0. The molecule has 0 bridgehead atoms. The number of nitrogens with zero attached hydrogens (tertiary/aromatic N) is 1. The molecule has 0 saturated carbocycles. The fourth-order valence-electron chi connectivity index (χ4n) is 2.57. The van der Waals surface area contributed by atoms with Crippen LogP contribution in [0.1, 0.15) is 25.8 Å². The highest BCUT2D eigenvalue weighted by atomic mass is 16.5. The second-order valence-corrected chi connectivity index (χ2v) is 6.78. The third-order valence-corrected chi connectivity index (χ3v) is 4.13. The van der Waals surface area contributed by atoms with Gasteiger partial charge < -0.3 is 14.8 Å². The van der Waals surface area contributed by atoms with Crippen molar-refractivity contribution in [1.82, 2.24) is 21.1 Å². The average molecular weight is 404 g/mol. The first-order chi connectivity index (χ1) is 13.7. The highest BCUT2D eigenvalue weighted by Crippen LogP contribution is 2.23. The lowest BCUT2D eigenvalue weighted by Gasteiger charge is -2.15. The number of imide groups is 1. The van der Waals surface area contributed by atoms with Gasteiger partial charge in [0.05, 0.1) is 14.2 Å². The van der Waals surface area contributed by atoms with Crippen LogP contribution in [0, 0.1) is 0 Å². The van der Waals surface area contributed by atoms with Gasteiger partial charge in [0, 0.05) is 25.1 Å². The monoisotopic (exact) mass is 404 g/mol. The van der Waals surface area contributed by atoms with E-state index in [9.17, 15) is 19.2 Å². The Morgan fingerprint density at radius 1 is 1.10 bits per heavy atom. The van der Waals surface area contributed by atoms with E-state index in [0.29, 0.717) is 17.1 Å². The SMILES string of the molecule is COc1cc(/C=C/C(=O)NNC(=O)CCN2C(=O)NC(C)(C)C2=O)cc(OC)c1. The zero-order chi connectivity index (χ0) is 21.6. The lowest BCUT2D eigenvalue weighted by atomic mass is 10.1. The van der Waals surface area contributed by atoms with Crippen LogP contribution in [0.25, 0.3) is 6.08 Å². The van der Waals surface area contributed by atoms with Crippen LogP contribution in [-0.4, -0.2) is 55.0 Å². The van der Waals surface area contributed by atoms with Crippen molar-refractivity contribution in [2.24, 2.45) is 0 Å². The predicted molar refractivity (Wildman–Crippen MR) is 104 cm³/mol. The summed E-state index contributed by atoms with van der Waals surface area (Å²) in [4.78, 5) is 48.5. The zero-order valence-corrected chi connectivity index (χ0v) is 16.7. The summed E-state index contributed by atoms with van der Waals surface area (Å²) in [6.07, 6.45) is 2.61. The van der Waals surface area contributed by atoms with Gasteiger partial charge in [0.1, 0.15) is 17.0 Å². The first-order valence-electron chi connectivity index (χ1n) is 8.80. The summed E-state index contributed by atoms with van der Waals surface area (Å²) in [5, 5.41) is 2.52. The molecule has 0 radical (unpaired) electrons. The number of amides is 5. The molecule has 1 aromatic carbocycles. The Bertz CT molecular complexity index is 827. The molecule has 0 aromatic heterocycles. The van der Waals surface area contributed by atoms with E-state index in [2.05, 4.69) is 16.2 Å². The summed E-state index contributed by atoms with van der Waals surface area (Å²) in [5.41, 5.74) is 4.14. The zero-order valence-electron chi connectivity index (χ0n) is 16.7. The van der Waals surface area contributed by atoms with E-state index >= 15 is 0 Å². The third-order valence-electron chi connectivity index (χ3n) is 4.13. The second-order valence-electron chi connectivity index (χ2n) is 6.78. The van der Waals surface area contributed by atoms with Crippen LogP contribution in [0.15, 0.2) is 24.3 Å². The summed E-state index contributed by atoms with van der Waals surface area (Å²) in [6, 6.07) is 4.58. The molecule has 0 aliphatic carbocycles. The summed E-state index contributed by atoms with van der Waals surface area (Å²) in [7, 11) is 3.04. The van der Waals surface area contributed by atoms with Gasteiger partial charge in [0.15, 0.2) is 0 Å². The minimum atomic E-state index is -0.991. The van der Waals surface area contributed by atoms with Gasteiger partial charge in [0.2, 0.25) is 5.91 Å². The number of hydrogen-bond acceptors (Lipinski definition) is 6. The molecule has 0 unspecified atom stereocenters. The minimum absolute atomic E-state index is 0.0881. The predicted octanol–water partition coefficient (Wildman–Crippen LogP) is 0.585. The van der Waals surface area contributed by atoms with E-state index in [1.807, 2.05) is 0 Å². The van der Waals surface area contributed by atoms with Gasteiger partial charge in [-0.1, -0.05) is 0 Å². The molecule has 10 nitrogen and oxygen atoms in total. The second kappa shape index (κ2) is 9.09. The van der Waals surface area contributed by atoms with Gasteiger partial charge in [-0.3, -0.25) is 30.1 Å². The maximum atomic E-state index is 12.0. The van der Waals surface area contributed by atoms with Gasteiger partial charge >= 0.3 is 6.03 Å². The number of carbonyl (C=O) groups is 4. The van der Waals surface area contributed by atoms with Crippen molar-refractivity contribution in [3.8, 4) is 11.5 Å². The number of rotatable bonds is 7. The molecular weight excluding hydrogens is 380 g/mol. The van der Waals surface area contributed by atoms with Gasteiger partial charge in [-0.05, 0) is 37.6 Å². The number of hydrazine groups is 1. The molecule has 0 atom stereocenters. The Morgan fingerprint density at radius 3 is 2.24 bits per heavy atom. The molecule has 1 heterocycles. The first kappa shape index (κ1) is 21.7. The van der Waals surface area contributed by atoms with Crippen molar-refractivity contribution in [2.75, 3.05) is 20.8 Å². The van der Waals surface area contributed by atoms with E-state index in [0.717, 1.165) is 4.90 Å². The summed E-state index contributed by atoms with van der Waals surface area (Å²) in [5.74, 6) is -0.366. The molecule has 1 saturated heterocycles. The molecule has 3 N–H and O–H groups in total. The number of nitrogens with one attached hydrogen (secondary N) is 3. The summed E-state index contributed by atoms with van der Waals surface area (Å²) < 4.78 is 10.3. The number of hydrogen-bond donors (Lipinski definition) is 3. The van der Waals surface area contributed by atoms with Crippen molar-refractivity contribution in [3.63, 3.8) is 0 Å². The van der Waals surface area contributed by atoms with Crippen molar-refractivity contribution in [2.45, 2.75) is 25.8 Å². The van der Waals surface area contributed by atoms with E-state index in [-0.39, 0.29) is 13.0 Å². The largest absolute Gasteiger partial charge is 0.497 e. The molecular formula is C19H24N4O6. The number of urea groups is 1. The fraction of sp³-hybridized carbons (Fsp3) is 0.368. The average Bonchev–Trinajstić information content (AvgIpc) is 2.89. The lowest BCUT2D eigenvalue weighted by Crippen LogP contribution is -2.43. The molecule has 156 valence electrons. The molecule has 1 aliphatic rings. The van der Waals surface area contributed by atoms with Crippen LogP contribution in [0.3, 0.4) is 0 Å². The molecule has 1 aromatic rings. The van der Waals surface area contributed by atoms with Crippen LogP contribution in [0.2, 0.25) is 0 Å². The maximum Gasteiger partial charge on any atom is 0.325 e. The first-order valence-corrected chi connectivity index (χ1v) is 8.80. The van der Waals surface area contributed by atoms with Gasteiger partial charge in [0.25, 0.3) is 11.8 Å². The van der Waals surface area contributed by atoms with Crippen LogP contribution in [0.5, 0.6) is 11.5 Å². The van der Waals surface area contributed by atoms with Crippen molar-refractivity contribution in [1.29, 1.82) is 0 Å². The maximum absolute atomic E-state index is 12.0. The molecule has 1 fully saturated rings. The lowest BCUT2D eigenvalue weighted by molar-refractivity contribution is -0.131. The van der Waals surface area contributed by atoms with Gasteiger partial charge in [-0.2, -0.15) is 0 Å². The third kappa shape index (κ3) is 5.71. The fourth-order valence-corrected chi connectivity index (χ4v) is 2.57. The number of ether oxygens (including phenoxy) is 2. The minimum Gasteiger partial charge on any atom is -0.497 e. The normalized spacial score (nSPS) is 15.2. The Hall–Kier alpha value is -3.56. The molecule has 29 heavy (non-hydrogen) atoms. The van der Waals surface area contributed by atoms with Crippen molar-refractivity contribution >= 4 is 29.8 Å². The highest BCUT2D eigenvalue weighted by Gasteiger charge is 2.43. The standard InChI is InChI=1S/C19H24N4O6/c1-19(2)17(26)23(18(27)20-19)8-7-16(25)22-21-15(24)6-5-12-9-13(28-3)11-14(10-12)29-4/h5-6,9-11H,7-8H2,1-4H3,(H,20,27)(H,21,24)(H,22,25)/b6-5+. The van der Waals surface area contributed by atoms with Crippen LogP contribution >= 0.6 is 0 Å². The topological polar surface area (TPSA) is 126 Å². The van der Waals surface area contributed by atoms with Crippen molar-refractivity contribution < 1.29 is 28.7 Å². The van der Waals surface area contributed by atoms with Crippen LogP contribution < -0.4 is 25.6 Å². The Balaban J connectivity index is 1.82. The van der Waals surface area contributed by atoms with E-state index in [1.54, 1.807) is 32.0 Å². The highest BCUT2D eigenvalue weighted by molar-refractivity contribution is 6.06. The molecule has 0 spiro atoms. The van der Waals surface area contributed by atoms with Crippen LogP contribution in [0.4, 0.5) is 4.79 Å². The number of carbonyl (C=O) groups excluding carboxylic acids is 4. The Morgan fingerprint density at radius 2 is 1.72 bits per heavy atom. The molecule has 2 rings (SSSR count). The molecule has 10 heteroatoms. The van der Waals surface area contributed by atoms with Crippen molar-refractivity contribution in [3.05, 3.63) is 29.8 Å². The number of benzene rings is 1. The van der Waals surface area contributed by atoms with Crippen LogP contribution in [-0.2, 0) is 14.4 Å². The quantitative estimate of drug-likeness (QED) is 0.347. The number of methoxy groups -OCH3 is 2. The van der Waals surface area contributed by atoms with E-state index in [4.69, 9.17) is 9.47 Å². The van der Waals surface area contributed by atoms with Gasteiger partial charge in [-0.15, -0.1) is 0 Å².